The SMILES string of the molecule is CCc1nn(C)c2c1nc(CCCl)n2CCNC(N)=O. The molecule has 0 unspecified atom stereocenters. The van der Waals surface area contributed by atoms with Crippen LogP contribution in [0, 0.1) is 0 Å². The molecule has 3 N–H and O–H groups in total. The standard InChI is InChI=1S/C12H19ClN6O/c1-3-8-10-11(18(2)17-8)19(7-6-15-12(14)20)9(16-10)4-5-13/h3-7H2,1-2H3,(H3,14,15,20). The van der Waals surface area contributed by atoms with Gasteiger partial charge in [-0.1, -0.05) is 6.92 Å². The number of nitrogens with two attached hydrogens (primary N) is 1. The molecule has 0 spiro atoms. The van der Waals surface area contributed by atoms with Crippen LogP contribution in [0.15, 0.2) is 0 Å². The number of primary amides is 1. The number of halogens is 1. The number of nitrogens with zero attached hydrogens (tertiary/aromatic N) is 4. The Morgan fingerprint density at radius 3 is 2.85 bits per heavy atom. The van der Waals surface area contributed by atoms with Gasteiger partial charge in [-0.3, -0.25) is 4.68 Å². The van der Waals surface area contributed by atoms with E-state index in [2.05, 4.69) is 22.3 Å². The number of amides is 2. The van der Waals surface area contributed by atoms with Crippen LogP contribution in [0.4, 0.5) is 4.79 Å². The zero-order valence-corrected chi connectivity index (χ0v) is 12.4. The van der Waals surface area contributed by atoms with Gasteiger partial charge in [-0.05, 0) is 6.42 Å². The molecule has 0 bridgehead atoms. The lowest BCUT2D eigenvalue weighted by Crippen LogP contribution is -2.32. The Kier molecular flexibility index (Phi) is 4.49. The van der Waals surface area contributed by atoms with Gasteiger partial charge in [0.2, 0.25) is 0 Å². The van der Waals surface area contributed by atoms with E-state index in [1.807, 2.05) is 16.3 Å². The van der Waals surface area contributed by atoms with Crippen molar-refractivity contribution < 1.29 is 4.79 Å². The third-order valence-corrected chi connectivity index (χ3v) is 3.35. The smallest absolute Gasteiger partial charge is 0.312 e. The van der Waals surface area contributed by atoms with E-state index in [4.69, 9.17) is 17.3 Å². The molecule has 0 radical (unpaired) electrons. The van der Waals surface area contributed by atoms with Crippen molar-refractivity contribution in [3.8, 4) is 0 Å². The van der Waals surface area contributed by atoms with Gasteiger partial charge in [-0.2, -0.15) is 5.10 Å². The molecule has 0 aromatic carbocycles. The first-order chi connectivity index (χ1) is 9.58. The molecule has 0 saturated heterocycles. The highest BCUT2D eigenvalue weighted by Gasteiger charge is 2.17. The predicted octanol–water partition coefficient (Wildman–Crippen LogP) is 0.782. The Bertz CT molecular complexity index is 617. The third kappa shape index (κ3) is 2.72. The fraction of sp³-hybridized carbons (Fsp3) is 0.583. The Morgan fingerprint density at radius 1 is 1.50 bits per heavy atom. The summed E-state index contributed by atoms with van der Waals surface area (Å²) in [6.07, 6.45) is 1.50. The van der Waals surface area contributed by atoms with Gasteiger partial charge in [0.25, 0.3) is 0 Å². The Morgan fingerprint density at radius 2 is 2.25 bits per heavy atom. The molecule has 110 valence electrons. The van der Waals surface area contributed by atoms with Crippen molar-refractivity contribution in [2.45, 2.75) is 26.3 Å². The normalized spacial score (nSPS) is 11.2. The van der Waals surface area contributed by atoms with Crippen LogP contribution in [-0.2, 0) is 26.4 Å². The van der Waals surface area contributed by atoms with Gasteiger partial charge in [0.05, 0.1) is 5.69 Å². The number of hydrogen-bond donors (Lipinski definition) is 2. The third-order valence-electron chi connectivity index (χ3n) is 3.16. The Labute approximate surface area is 122 Å². The van der Waals surface area contributed by atoms with Crippen LogP contribution in [0.1, 0.15) is 18.4 Å². The van der Waals surface area contributed by atoms with Gasteiger partial charge in [-0.15, -0.1) is 11.6 Å². The number of fused-ring (bicyclic) bond motifs is 1. The minimum absolute atomic E-state index is 0.447. The van der Waals surface area contributed by atoms with Crippen LogP contribution in [0.2, 0.25) is 0 Å². The van der Waals surface area contributed by atoms with Gasteiger partial charge in [0, 0.05) is 32.4 Å². The molecule has 0 atom stereocenters. The zero-order valence-electron chi connectivity index (χ0n) is 11.7. The van der Waals surface area contributed by atoms with E-state index in [1.54, 1.807) is 0 Å². The molecule has 0 aliphatic carbocycles. The molecular formula is C12H19ClN6O. The summed E-state index contributed by atoms with van der Waals surface area (Å²) in [4.78, 5) is 15.4. The van der Waals surface area contributed by atoms with Crippen LogP contribution in [-0.4, -0.2) is 37.8 Å². The molecule has 8 heteroatoms. The zero-order chi connectivity index (χ0) is 14.7. The van der Waals surface area contributed by atoms with Crippen molar-refractivity contribution in [1.82, 2.24) is 24.6 Å². The minimum Gasteiger partial charge on any atom is -0.352 e. The predicted molar refractivity (Wildman–Crippen MR) is 77.9 cm³/mol. The summed E-state index contributed by atoms with van der Waals surface area (Å²) < 4.78 is 3.86. The highest BCUT2D eigenvalue weighted by Crippen LogP contribution is 2.20. The molecule has 7 nitrogen and oxygen atoms in total. The second kappa shape index (κ2) is 6.13. The van der Waals surface area contributed by atoms with Gasteiger partial charge in [0.15, 0.2) is 5.65 Å². The number of alkyl halides is 1. The number of aromatic nitrogens is 4. The van der Waals surface area contributed by atoms with E-state index < -0.39 is 6.03 Å². The van der Waals surface area contributed by atoms with Crippen LogP contribution in [0.5, 0.6) is 0 Å². The average molecular weight is 299 g/mol. The number of aryl methyl sites for hydroxylation is 3. The number of carbonyl (C=O) groups excluding carboxylic acids is 1. The van der Waals surface area contributed by atoms with E-state index >= 15 is 0 Å². The first-order valence-electron chi connectivity index (χ1n) is 6.58. The summed E-state index contributed by atoms with van der Waals surface area (Å²) in [5, 5.41) is 7.05. The first-order valence-corrected chi connectivity index (χ1v) is 7.12. The molecule has 20 heavy (non-hydrogen) atoms. The average Bonchev–Trinajstić information content (AvgIpc) is 2.89. The van der Waals surface area contributed by atoms with Crippen molar-refractivity contribution >= 4 is 28.8 Å². The van der Waals surface area contributed by atoms with E-state index in [0.29, 0.717) is 25.4 Å². The molecule has 2 aromatic rings. The van der Waals surface area contributed by atoms with Crippen LogP contribution >= 0.6 is 11.6 Å². The molecule has 2 rings (SSSR count). The maximum absolute atomic E-state index is 10.8. The van der Waals surface area contributed by atoms with Crippen LogP contribution in [0.3, 0.4) is 0 Å². The minimum atomic E-state index is -0.528. The number of rotatable bonds is 6. The molecule has 2 aromatic heterocycles. The molecule has 0 fully saturated rings. The van der Waals surface area contributed by atoms with Crippen molar-refractivity contribution in [2.24, 2.45) is 12.8 Å². The number of urea groups is 1. The summed E-state index contributed by atoms with van der Waals surface area (Å²) in [6, 6.07) is -0.528. The van der Waals surface area contributed by atoms with Gasteiger partial charge >= 0.3 is 6.03 Å². The lowest BCUT2D eigenvalue weighted by molar-refractivity contribution is 0.248. The lowest BCUT2D eigenvalue weighted by atomic mass is 10.3. The van der Waals surface area contributed by atoms with Gasteiger partial charge in [-0.25, -0.2) is 9.78 Å². The molecule has 0 aliphatic rings. The van der Waals surface area contributed by atoms with Crippen molar-refractivity contribution in [1.29, 1.82) is 0 Å². The summed E-state index contributed by atoms with van der Waals surface area (Å²) >= 11 is 5.84. The maximum Gasteiger partial charge on any atom is 0.312 e. The lowest BCUT2D eigenvalue weighted by Gasteiger charge is -2.09. The number of nitrogens with one attached hydrogen (secondary N) is 1. The van der Waals surface area contributed by atoms with E-state index in [9.17, 15) is 4.79 Å². The molecule has 0 aliphatic heterocycles. The Hall–Kier alpha value is -1.76. The molecule has 2 heterocycles. The second-order valence-electron chi connectivity index (χ2n) is 4.51. The molecule has 0 saturated carbocycles. The van der Waals surface area contributed by atoms with E-state index in [0.717, 1.165) is 29.1 Å². The summed E-state index contributed by atoms with van der Waals surface area (Å²) in [5.41, 5.74) is 7.92. The molecule has 2 amide bonds. The van der Waals surface area contributed by atoms with Gasteiger partial charge in [0.1, 0.15) is 11.3 Å². The highest BCUT2D eigenvalue weighted by atomic mass is 35.5. The van der Waals surface area contributed by atoms with Crippen molar-refractivity contribution in [3.05, 3.63) is 11.5 Å². The molecular weight excluding hydrogens is 280 g/mol. The van der Waals surface area contributed by atoms with Gasteiger partial charge < -0.3 is 15.6 Å². The Balaban J connectivity index is 2.39. The van der Waals surface area contributed by atoms with Crippen LogP contribution < -0.4 is 11.1 Å². The number of carbonyl (C=O) groups is 1. The van der Waals surface area contributed by atoms with Crippen molar-refractivity contribution in [2.75, 3.05) is 12.4 Å². The highest BCUT2D eigenvalue weighted by molar-refractivity contribution is 6.17. The number of imidazole rings is 1. The first kappa shape index (κ1) is 14.6. The largest absolute Gasteiger partial charge is 0.352 e. The summed E-state index contributed by atoms with van der Waals surface area (Å²) in [7, 11) is 1.89. The van der Waals surface area contributed by atoms with Crippen molar-refractivity contribution in [3.63, 3.8) is 0 Å². The van der Waals surface area contributed by atoms with E-state index in [-0.39, 0.29) is 0 Å². The fourth-order valence-corrected chi connectivity index (χ4v) is 2.50. The summed E-state index contributed by atoms with van der Waals surface area (Å²) in [6.45, 7) is 3.09. The maximum atomic E-state index is 10.8. The van der Waals surface area contributed by atoms with E-state index in [1.165, 1.54) is 0 Å². The topological polar surface area (TPSA) is 90.8 Å². The fourth-order valence-electron chi connectivity index (χ4n) is 2.33. The summed E-state index contributed by atoms with van der Waals surface area (Å²) in [5.74, 6) is 1.41. The monoisotopic (exact) mass is 298 g/mol. The van der Waals surface area contributed by atoms with Crippen LogP contribution in [0.25, 0.3) is 11.2 Å². The number of hydrogen-bond acceptors (Lipinski definition) is 3. The quantitative estimate of drug-likeness (QED) is 0.772. The second-order valence-corrected chi connectivity index (χ2v) is 4.88.